The number of rotatable bonds is 9. The Hall–Kier alpha value is -1.92. The predicted octanol–water partition coefficient (Wildman–Crippen LogP) is 2.31. The van der Waals surface area contributed by atoms with Crippen LogP contribution >= 0.6 is 0 Å². The van der Waals surface area contributed by atoms with Crippen LogP contribution in [0.5, 0.6) is 5.75 Å². The van der Waals surface area contributed by atoms with Gasteiger partial charge < -0.3 is 14.7 Å². The quantitative estimate of drug-likeness (QED) is 0.719. The van der Waals surface area contributed by atoms with Crippen LogP contribution in [0.4, 0.5) is 0 Å². The molecule has 0 radical (unpaired) electrons. The lowest BCUT2D eigenvalue weighted by molar-refractivity contribution is 0.0744. The van der Waals surface area contributed by atoms with E-state index in [0.29, 0.717) is 13.2 Å². The number of ether oxygens (including phenoxy) is 1. The van der Waals surface area contributed by atoms with Crippen LogP contribution in [-0.2, 0) is 13.1 Å². The van der Waals surface area contributed by atoms with Gasteiger partial charge in [0, 0.05) is 45.8 Å². The van der Waals surface area contributed by atoms with Gasteiger partial charge in [-0.1, -0.05) is 42.5 Å². The SMILES string of the molecule is CN1CCN(Cc2ccc(OCC(O)CN(C)Cc3ccccc3)cc2)CC1. The topological polar surface area (TPSA) is 39.2 Å². The smallest absolute Gasteiger partial charge is 0.119 e. The lowest BCUT2D eigenvalue weighted by Crippen LogP contribution is -2.43. The van der Waals surface area contributed by atoms with Crippen LogP contribution in [0, 0.1) is 0 Å². The normalized spacial score (nSPS) is 17.0. The van der Waals surface area contributed by atoms with E-state index >= 15 is 0 Å². The summed E-state index contributed by atoms with van der Waals surface area (Å²) in [4.78, 5) is 6.97. The maximum atomic E-state index is 10.3. The van der Waals surface area contributed by atoms with Gasteiger partial charge in [-0.3, -0.25) is 9.80 Å². The van der Waals surface area contributed by atoms with Crippen molar-refractivity contribution >= 4 is 0 Å². The summed E-state index contributed by atoms with van der Waals surface area (Å²) in [6.45, 7) is 7.21. The van der Waals surface area contributed by atoms with Gasteiger partial charge in [0.25, 0.3) is 0 Å². The molecule has 1 atom stereocenters. The van der Waals surface area contributed by atoms with Crippen molar-refractivity contribution in [1.29, 1.82) is 0 Å². The molecule has 2 aromatic carbocycles. The van der Waals surface area contributed by atoms with Gasteiger partial charge >= 0.3 is 0 Å². The standard InChI is InChI=1S/C23H33N3O2/c1-24-12-14-26(15-13-24)17-21-8-10-23(11-9-21)28-19-22(27)18-25(2)16-20-6-4-3-5-7-20/h3-11,22,27H,12-19H2,1-2H3. The zero-order valence-corrected chi connectivity index (χ0v) is 17.1. The summed E-state index contributed by atoms with van der Waals surface area (Å²) in [6.07, 6.45) is -0.515. The molecule has 5 nitrogen and oxygen atoms in total. The fraction of sp³-hybridized carbons (Fsp3) is 0.478. The molecule has 1 heterocycles. The summed E-state index contributed by atoms with van der Waals surface area (Å²) in [5.41, 5.74) is 2.55. The van der Waals surface area contributed by atoms with Crippen molar-refractivity contribution in [2.45, 2.75) is 19.2 Å². The van der Waals surface area contributed by atoms with Crippen molar-refractivity contribution in [3.8, 4) is 5.75 Å². The molecule has 152 valence electrons. The van der Waals surface area contributed by atoms with Crippen LogP contribution in [0.15, 0.2) is 54.6 Å². The fourth-order valence-corrected chi connectivity index (χ4v) is 3.52. The molecule has 1 saturated heterocycles. The molecule has 1 unspecified atom stereocenters. The number of hydrogen-bond acceptors (Lipinski definition) is 5. The lowest BCUT2D eigenvalue weighted by Gasteiger charge is -2.32. The first-order valence-corrected chi connectivity index (χ1v) is 10.1. The number of likely N-dealkylation sites (N-methyl/N-ethyl adjacent to an activating group) is 2. The van der Waals surface area contributed by atoms with E-state index in [0.717, 1.165) is 45.0 Å². The summed E-state index contributed by atoms with van der Waals surface area (Å²) in [6, 6.07) is 18.6. The van der Waals surface area contributed by atoms with E-state index in [1.54, 1.807) is 0 Å². The lowest BCUT2D eigenvalue weighted by atomic mass is 10.2. The molecular formula is C23H33N3O2. The van der Waals surface area contributed by atoms with Gasteiger partial charge in [0.15, 0.2) is 0 Å². The van der Waals surface area contributed by atoms with Crippen LogP contribution < -0.4 is 4.74 Å². The molecule has 0 spiro atoms. The number of piperazine rings is 1. The predicted molar refractivity (Wildman–Crippen MR) is 113 cm³/mol. The molecule has 3 rings (SSSR count). The van der Waals surface area contributed by atoms with E-state index in [2.05, 4.69) is 46.0 Å². The third-order valence-corrected chi connectivity index (χ3v) is 5.19. The van der Waals surface area contributed by atoms with E-state index in [1.807, 2.05) is 37.4 Å². The van der Waals surface area contributed by atoms with Gasteiger partial charge in [0.05, 0.1) is 0 Å². The number of benzene rings is 2. The van der Waals surface area contributed by atoms with E-state index in [1.165, 1.54) is 11.1 Å². The van der Waals surface area contributed by atoms with Crippen molar-refractivity contribution < 1.29 is 9.84 Å². The molecule has 1 aliphatic heterocycles. The van der Waals surface area contributed by atoms with E-state index in [4.69, 9.17) is 4.74 Å². The van der Waals surface area contributed by atoms with Crippen LogP contribution in [0.25, 0.3) is 0 Å². The van der Waals surface area contributed by atoms with Crippen molar-refractivity contribution in [2.24, 2.45) is 0 Å². The Kier molecular flexibility index (Phi) is 7.86. The second kappa shape index (κ2) is 10.6. The third kappa shape index (κ3) is 6.91. The zero-order valence-electron chi connectivity index (χ0n) is 17.1. The van der Waals surface area contributed by atoms with Crippen molar-refractivity contribution in [3.05, 3.63) is 65.7 Å². The Labute approximate surface area is 169 Å². The zero-order chi connectivity index (χ0) is 19.8. The number of aliphatic hydroxyl groups excluding tert-OH is 1. The molecule has 1 aliphatic rings. The molecule has 0 aromatic heterocycles. The summed E-state index contributed by atoms with van der Waals surface area (Å²) in [5.74, 6) is 0.812. The first kappa shape index (κ1) is 20.8. The minimum absolute atomic E-state index is 0.303. The summed E-state index contributed by atoms with van der Waals surface area (Å²) >= 11 is 0. The molecule has 0 bridgehead atoms. The van der Waals surface area contributed by atoms with Crippen molar-refractivity contribution in [2.75, 3.05) is 53.4 Å². The van der Waals surface area contributed by atoms with Gasteiger partial charge in [-0.05, 0) is 37.4 Å². The van der Waals surface area contributed by atoms with Crippen LogP contribution in [0.2, 0.25) is 0 Å². The second-order valence-electron chi connectivity index (χ2n) is 7.87. The van der Waals surface area contributed by atoms with E-state index < -0.39 is 6.10 Å². The second-order valence-corrected chi connectivity index (χ2v) is 7.87. The van der Waals surface area contributed by atoms with Gasteiger partial charge in [0.2, 0.25) is 0 Å². The summed E-state index contributed by atoms with van der Waals surface area (Å²) < 4.78 is 5.78. The van der Waals surface area contributed by atoms with Crippen LogP contribution in [-0.4, -0.2) is 79.3 Å². The molecule has 2 aromatic rings. The van der Waals surface area contributed by atoms with Gasteiger partial charge in [-0.15, -0.1) is 0 Å². The van der Waals surface area contributed by atoms with Gasteiger partial charge in [0.1, 0.15) is 18.5 Å². The Morgan fingerprint density at radius 1 is 0.964 bits per heavy atom. The molecule has 5 heteroatoms. The average Bonchev–Trinajstić information content (AvgIpc) is 2.70. The Morgan fingerprint density at radius 3 is 2.32 bits per heavy atom. The fourth-order valence-electron chi connectivity index (χ4n) is 3.52. The minimum atomic E-state index is -0.515. The monoisotopic (exact) mass is 383 g/mol. The molecule has 0 amide bonds. The Balaban J connectivity index is 1.38. The molecule has 0 saturated carbocycles. The number of hydrogen-bond donors (Lipinski definition) is 1. The third-order valence-electron chi connectivity index (χ3n) is 5.19. The highest BCUT2D eigenvalue weighted by atomic mass is 16.5. The van der Waals surface area contributed by atoms with Crippen LogP contribution in [0.1, 0.15) is 11.1 Å². The Morgan fingerprint density at radius 2 is 1.64 bits per heavy atom. The van der Waals surface area contributed by atoms with Crippen LogP contribution in [0.3, 0.4) is 0 Å². The molecule has 28 heavy (non-hydrogen) atoms. The number of nitrogens with zero attached hydrogens (tertiary/aromatic N) is 3. The Bertz CT molecular complexity index is 685. The maximum absolute atomic E-state index is 10.3. The summed E-state index contributed by atoms with van der Waals surface area (Å²) in [7, 11) is 4.20. The maximum Gasteiger partial charge on any atom is 0.119 e. The summed E-state index contributed by atoms with van der Waals surface area (Å²) in [5, 5.41) is 10.3. The average molecular weight is 384 g/mol. The first-order valence-electron chi connectivity index (χ1n) is 10.1. The van der Waals surface area contributed by atoms with E-state index in [-0.39, 0.29) is 0 Å². The first-order chi connectivity index (χ1) is 13.6. The molecule has 0 aliphatic carbocycles. The molecule has 1 fully saturated rings. The van der Waals surface area contributed by atoms with Gasteiger partial charge in [-0.25, -0.2) is 0 Å². The van der Waals surface area contributed by atoms with Gasteiger partial charge in [-0.2, -0.15) is 0 Å². The number of aliphatic hydroxyl groups is 1. The van der Waals surface area contributed by atoms with Crippen molar-refractivity contribution in [1.82, 2.24) is 14.7 Å². The molecule has 1 N–H and O–H groups in total. The van der Waals surface area contributed by atoms with Crippen molar-refractivity contribution in [3.63, 3.8) is 0 Å². The highest BCUT2D eigenvalue weighted by Crippen LogP contribution is 2.15. The minimum Gasteiger partial charge on any atom is -0.491 e. The molecular weight excluding hydrogens is 350 g/mol. The van der Waals surface area contributed by atoms with E-state index in [9.17, 15) is 5.11 Å². The largest absolute Gasteiger partial charge is 0.491 e. The highest BCUT2D eigenvalue weighted by molar-refractivity contribution is 5.27. The highest BCUT2D eigenvalue weighted by Gasteiger charge is 2.14.